The lowest BCUT2D eigenvalue weighted by molar-refractivity contribution is 0.0829. The molecule has 1 aliphatic heterocycles. The van der Waals surface area contributed by atoms with Crippen LogP contribution in [0.25, 0.3) is 0 Å². The number of halogens is 2. The standard InChI is InChI=1S/C24H18F2N2O3/c25-20-8-7-18-17(22(20)26)10-11-28(24(30)31-14-15-4-2-1-3-5-15)23(18)19-12-16(13-27)6-9-21(19)29/h1-9,12,23,29H,10-11,14H2. The summed E-state index contributed by atoms with van der Waals surface area (Å²) < 4.78 is 33.8. The zero-order chi connectivity index (χ0) is 22.0. The highest BCUT2D eigenvalue weighted by Gasteiger charge is 2.36. The molecule has 1 unspecified atom stereocenters. The Bertz CT molecular complexity index is 1180. The van der Waals surface area contributed by atoms with Gasteiger partial charge in [-0.1, -0.05) is 36.4 Å². The minimum Gasteiger partial charge on any atom is -0.508 e. The third-order valence-corrected chi connectivity index (χ3v) is 5.33. The Kier molecular flexibility index (Phi) is 5.54. The lowest BCUT2D eigenvalue weighted by Crippen LogP contribution is -2.41. The molecule has 0 saturated heterocycles. The zero-order valence-corrected chi connectivity index (χ0v) is 16.4. The van der Waals surface area contributed by atoms with E-state index in [1.54, 1.807) is 0 Å². The minimum absolute atomic E-state index is 0.0394. The van der Waals surface area contributed by atoms with E-state index in [2.05, 4.69) is 0 Å². The average Bonchev–Trinajstić information content (AvgIpc) is 2.80. The van der Waals surface area contributed by atoms with E-state index in [0.717, 1.165) is 11.6 Å². The Hall–Kier alpha value is -3.92. The fourth-order valence-electron chi connectivity index (χ4n) is 3.82. The van der Waals surface area contributed by atoms with Crippen LogP contribution in [0.1, 0.15) is 33.9 Å². The number of phenolic OH excluding ortho intramolecular Hbond substituents is 1. The maximum absolute atomic E-state index is 14.5. The van der Waals surface area contributed by atoms with Gasteiger partial charge in [-0.25, -0.2) is 13.6 Å². The maximum Gasteiger partial charge on any atom is 0.410 e. The van der Waals surface area contributed by atoms with Gasteiger partial charge >= 0.3 is 6.09 Å². The van der Waals surface area contributed by atoms with E-state index in [1.165, 1.54) is 29.2 Å². The van der Waals surface area contributed by atoms with Gasteiger partial charge in [0, 0.05) is 12.1 Å². The molecular weight excluding hydrogens is 402 g/mol. The summed E-state index contributed by atoms with van der Waals surface area (Å²) in [7, 11) is 0. The van der Waals surface area contributed by atoms with E-state index in [0.29, 0.717) is 5.56 Å². The fraction of sp³-hybridized carbons (Fsp3) is 0.167. The van der Waals surface area contributed by atoms with E-state index < -0.39 is 23.8 Å². The summed E-state index contributed by atoms with van der Waals surface area (Å²) in [5.41, 5.74) is 1.78. The number of carbonyl (C=O) groups excluding carboxylic acids is 1. The van der Waals surface area contributed by atoms with Crippen LogP contribution < -0.4 is 0 Å². The first-order chi connectivity index (χ1) is 15.0. The molecule has 1 atom stereocenters. The highest BCUT2D eigenvalue weighted by molar-refractivity contribution is 5.70. The van der Waals surface area contributed by atoms with Crippen molar-refractivity contribution in [3.63, 3.8) is 0 Å². The number of aromatic hydroxyl groups is 1. The van der Waals surface area contributed by atoms with Gasteiger partial charge in [0.15, 0.2) is 11.6 Å². The smallest absolute Gasteiger partial charge is 0.410 e. The van der Waals surface area contributed by atoms with Crippen LogP contribution in [0.15, 0.2) is 60.7 Å². The second-order valence-corrected chi connectivity index (χ2v) is 7.20. The Morgan fingerprint density at radius 3 is 2.65 bits per heavy atom. The summed E-state index contributed by atoms with van der Waals surface area (Å²) in [4.78, 5) is 14.3. The predicted octanol–water partition coefficient (Wildman–Crippen LogP) is 4.83. The number of rotatable bonds is 3. The van der Waals surface area contributed by atoms with Crippen molar-refractivity contribution in [1.29, 1.82) is 5.26 Å². The van der Waals surface area contributed by atoms with Gasteiger partial charge in [0.2, 0.25) is 0 Å². The van der Waals surface area contributed by atoms with Crippen molar-refractivity contribution >= 4 is 6.09 Å². The van der Waals surface area contributed by atoms with E-state index in [1.807, 2.05) is 36.4 Å². The van der Waals surface area contributed by atoms with Gasteiger partial charge in [-0.05, 0) is 47.4 Å². The number of benzene rings is 3. The molecule has 3 aromatic carbocycles. The molecule has 1 N–H and O–H groups in total. The zero-order valence-electron chi connectivity index (χ0n) is 16.4. The largest absolute Gasteiger partial charge is 0.508 e. The number of nitrogens with zero attached hydrogens (tertiary/aromatic N) is 2. The van der Waals surface area contributed by atoms with Crippen LogP contribution in [0, 0.1) is 23.0 Å². The number of hydrogen-bond acceptors (Lipinski definition) is 4. The molecule has 4 rings (SSSR count). The first-order valence-electron chi connectivity index (χ1n) is 9.66. The summed E-state index contributed by atoms with van der Waals surface area (Å²) >= 11 is 0. The molecule has 5 nitrogen and oxygen atoms in total. The van der Waals surface area contributed by atoms with E-state index >= 15 is 0 Å². The third-order valence-electron chi connectivity index (χ3n) is 5.33. The van der Waals surface area contributed by atoms with Crippen molar-refractivity contribution < 1.29 is 23.4 Å². The molecule has 7 heteroatoms. The highest BCUT2D eigenvalue weighted by Crippen LogP contribution is 2.40. The summed E-state index contributed by atoms with van der Waals surface area (Å²) in [6.45, 7) is 0.0969. The molecule has 0 radical (unpaired) electrons. The van der Waals surface area contributed by atoms with Gasteiger partial charge in [0.25, 0.3) is 0 Å². The Morgan fingerprint density at radius 1 is 1.13 bits per heavy atom. The summed E-state index contributed by atoms with van der Waals surface area (Å²) in [6, 6.07) is 16.8. The Balaban J connectivity index is 1.75. The molecule has 0 aromatic heterocycles. The molecule has 0 fully saturated rings. The second-order valence-electron chi connectivity index (χ2n) is 7.20. The van der Waals surface area contributed by atoms with Gasteiger partial charge in [0.05, 0.1) is 17.7 Å². The molecule has 1 heterocycles. The molecule has 31 heavy (non-hydrogen) atoms. The van der Waals surface area contributed by atoms with Crippen molar-refractivity contribution in [2.45, 2.75) is 19.1 Å². The van der Waals surface area contributed by atoms with Gasteiger partial charge < -0.3 is 9.84 Å². The SMILES string of the molecule is N#Cc1ccc(O)c(C2c3ccc(F)c(F)c3CCN2C(=O)OCc2ccccc2)c1. The normalized spacial score (nSPS) is 15.1. The first kappa shape index (κ1) is 20.4. The van der Waals surface area contributed by atoms with Gasteiger partial charge in [-0.3, -0.25) is 4.90 Å². The van der Waals surface area contributed by atoms with Crippen LogP contribution in [0.5, 0.6) is 5.75 Å². The molecule has 1 aliphatic rings. The van der Waals surface area contributed by atoms with Crippen LogP contribution in [0.2, 0.25) is 0 Å². The number of hydrogen-bond donors (Lipinski definition) is 1. The highest BCUT2D eigenvalue weighted by atomic mass is 19.2. The number of amides is 1. The number of nitriles is 1. The quantitative estimate of drug-likeness (QED) is 0.659. The Morgan fingerprint density at radius 2 is 1.90 bits per heavy atom. The number of ether oxygens (including phenoxy) is 1. The third kappa shape index (κ3) is 3.92. The van der Waals surface area contributed by atoms with Crippen LogP contribution in [0.3, 0.4) is 0 Å². The van der Waals surface area contributed by atoms with E-state index in [-0.39, 0.29) is 42.0 Å². The summed E-state index contributed by atoms with van der Waals surface area (Å²) in [5, 5.41) is 19.7. The van der Waals surface area contributed by atoms with Crippen molar-refractivity contribution in [3.05, 3.63) is 100 Å². The van der Waals surface area contributed by atoms with Crippen LogP contribution in [0.4, 0.5) is 13.6 Å². The average molecular weight is 420 g/mol. The van der Waals surface area contributed by atoms with Gasteiger partial charge in [-0.15, -0.1) is 0 Å². The predicted molar refractivity (Wildman–Crippen MR) is 108 cm³/mol. The molecule has 0 spiro atoms. The van der Waals surface area contributed by atoms with Crippen molar-refractivity contribution in [1.82, 2.24) is 4.90 Å². The van der Waals surface area contributed by atoms with Crippen molar-refractivity contribution in [2.24, 2.45) is 0 Å². The lowest BCUT2D eigenvalue weighted by atomic mass is 9.87. The monoisotopic (exact) mass is 420 g/mol. The van der Waals surface area contributed by atoms with Crippen LogP contribution in [-0.4, -0.2) is 22.6 Å². The first-order valence-corrected chi connectivity index (χ1v) is 9.66. The molecule has 156 valence electrons. The number of fused-ring (bicyclic) bond motifs is 1. The molecule has 0 saturated carbocycles. The minimum atomic E-state index is -0.979. The summed E-state index contributed by atoms with van der Waals surface area (Å²) in [6.07, 6.45) is -0.569. The van der Waals surface area contributed by atoms with E-state index in [4.69, 9.17) is 4.74 Å². The maximum atomic E-state index is 14.5. The van der Waals surface area contributed by atoms with Crippen molar-refractivity contribution in [3.8, 4) is 11.8 Å². The van der Waals surface area contributed by atoms with Crippen LogP contribution >= 0.6 is 0 Å². The van der Waals surface area contributed by atoms with Gasteiger partial charge in [0.1, 0.15) is 12.4 Å². The summed E-state index contributed by atoms with van der Waals surface area (Å²) in [5.74, 6) is -2.12. The van der Waals surface area contributed by atoms with Crippen LogP contribution in [-0.2, 0) is 17.8 Å². The molecular formula is C24H18F2N2O3. The number of carbonyl (C=O) groups is 1. The molecule has 3 aromatic rings. The molecule has 0 bridgehead atoms. The fourth-order valence-corrected chi connectivity index (χ4v) is 3.82. The molecule has 1 amide bonds. The Labute approximate surface area is 177 Å². The van der Waals surface area contributed by atoms with Crippen molar-refractivity contribution in [2.75, 3.05) is 6.54 Å². The lowest BCUT2D eigenvalue weighted by Gasteiger charge is -2.37. The number of phenols is 1. The second kappa shape index (κ2) is 8.44. The van der Waals surface area contributed by atoms with Gasteiger partial charge in [-0.2, -0.15) is 5.26 Å². The topological polar surface area (TPSA) is 73.6 Å². The van der Waals surface area contributed by atoms with E-state index in [9.17, 15) is 23.9 Å². The molecule has 0 aliphatic carbocycles.